The zero-order valence-corrected chi connectivity index (χ0v) is 11.7. The molecule has 0 bridgehead atoms. The Balaban J connectivity index is 2.14. The Bertz CT molecular complexity index is 510. The molecule has 2 rings (SSSR count). The van der Waals surface area contributed by atoms with Gasteiger partial charge in [-0.1, -0.05) is 15.9 Å². The third-order valence-electron chi connectivity index (χ3n) is 2.68. The van der Waals surface area contributed by atoms with Gasteiger partial charge in [0.2, 0.25) is 5.95 Å². The average Bonchev–Trinajstić information content (AvgIpc) is 2.62. The number of halogens is 1. The lowest BCUT2D eigenvalue weighted by atomic mass is 10.0. The molecule has 0 fully saturated rings. The van der Waals surface area contributed by atoms with Crippen LogP contribution in [0.3, 0.4) is 0 Å². The quantitative estimate of drug-likeness (QED) is 0.947. The first-order chi connectivity index (χ1) is 8.06. The molecule has 1 heterocycles. The molecule has 90 valence electrons. The van der Waals surface area contributed by atoms with E-state index in [4.69, 9.17) is 0 Å². The Morgan fingerprint density at radius 1 is 1.29 bits per heavy atom. The Morgan fingerprint density at radius 3 is 2.47 bits per heavy atom. The van der Waals surface area contributed by atoms with Crippen LogP contribution in [0.5, 0.6) is 0 Å². The van der Waals surface area contributed by atoms with Crippen LogP contribution in [0.25, 0.3) is 0 Å². The minimum Gasteiger partial charge on any atom is -0.349 e. The predicted octanol–water partition coefficient (Wildman–Crippen LogP) is 2.81. The van der Waals surface area contributed by atoms with E-state index in [-0.39, 0.29) is 0 Å². The lowest BCUT2D eigenvalue weighted by Crippen LogP contribution is -2.05. The minimum absolute atomic E-state index is 0.661. The lowest BCUT2D eigenvalue weighted by molar-refractivity contribution is 0.766. The van der Waals surface area contributed by atoms with Crippen LogP contribution in [-0.4, -0.2) is 14.8 Å². The van der Waals surface area contributed by atoms with Crippen molar-refractivity contribution in [3.05, 3.63) is 39.6 Å². The van der Waals surface area contributed by atoms with Crippen LogP contribution < -0.4 is 5.32 Å². The monoisotopic (exact) mass is 294 g/mol. The van der Waals surface area contributed by atoms with E-state index >= 15 is 0 Å². The summed E-state index contributed by atoms with van der Waals surface area (Å²) in [6, 6.07) is 4.24. The van der Waals surface area contributed by atoms with Crippen molar-refractivity contribution in [2.24, 2.45) is 7.05 Å². The van der Waals surface area contributed by atoms with E-state index in [1.54, 1.807) is 11.0 Å². The summed E-state index contributed by atoms with van der Waals surface area (Å²) in [5, 5.41) is 7.41. The van der Waals surface area contributed by atoms with Gasteiger partial charge in [-0.05, 0) is 42.7 Å². The van der Waals surface area contributed by atoms with E-state index in [9.17, 15) is 0 Å². The molecule has 0 spiro atoms. The molecule has 0 atom stereocenters. The van der Waals surface area contributed by atoms with E-state index < -0.39 is 0 Å². The van der Waals surface area contributed by atoms with Crippen LogP contribution in [0.1, 0.15) is 16.7 Å². The van der Waals surface area contributed by atoms with Crippen molar-refractivity contribution in [3.8, 4) is 0 Å². The maximum Gasteiger partial charge on any atom is 0.242 e. The van der Waals surface area contributed by atoms with Gasteiger partial charge in [0.1, 0.15) is 6.33 Å². The molecule has 0 saturated heterocycles. The number of benzene rings is 1. The van der Waals surface area contributed by atoms with Gasteiger partial charge in [-0.25, -0.2) is 4.98 Å². The summed E-state index contributed by atoms with van der Waals surface area (Å²) >= 11 is 3.50. The summed E-state index contributed by atoms with van der Waals surface area (Å²) in [5.41, 5.74) is 3.82. The molecule has 1 aromatic carbocycles. The normalized spacial score (nSPS) is 10.6. The molecular formula is C12H15BrN4. The maximum absolute atomic E-state index is 4.19. The summed E-state index contributed by atoms with van der Waals surface area (Å²) in [6.07, 6.45) is 1.68. The predicted molar refractivity (Wildman–Crippen MR) is 71.9 cm³/mol. The molecule has 0 aliphatic heterocycles. The Hall–Kier alpha value is -1.36. The number of anilines is 1. The van der Waals surface area contributed by atoms with E-state index in [2.05, 4.69) is 57.3 Å². The number of aromatic nitrogens is 3. The minimum atomic E-state index is 0.661. The molecule has 4 nitrogen and oxygen atoms in total. The zero-order chi connectivity index (χ0) is 12.4. The average molecular weight is 295 g/mol. The fourth-order valence-electron chi connectivity index (χ4n) is 1.81. The lowest BCUT2D eigenvalue weighted by Gasteiger charge is -2.10. The molecule has 0 unspecified atom stereocenters. The van der Waals surface area contributed by atoms with Crippen LogP contribution in [0.2, 0.25) is 0 Å². The molecule has 0 amide bonds. The molecule has 1 aromatic heterocycles. The van der Waals surface area contributed by atoms with Crippen molar-refractivity contribution in [3.63, 3.8) is 0 Å². The largest absolute Gasteiger partial charge is 0.349 e. The highest BCUT2D eigenvalue weighted by molar-refractivity contribution is 9.10. The number of nitrogens with one attached hydrogen (secondary N) is 1. The standard InChI is InChI=1S/C12H15BrN4/c1-8-4-10(13)5-9(2)11(8)6-14-12-15-7-17(3)16-12/h4-5,7H,6H2,1-3H3,(H,14,16). The van der Waals surface area contributed by atoms with Crippen molar-refractivity contribution in [1.82, 2.24) is 14.8 Å². The Morgan fingerprint density at radius 2 is 1.94 bits per heavy atom. The van der Waals surface area contributed by atoms with Gasteiger partial charge in [-0.2, -0.15) is 0 Å². The van der Waals surface area contributed by atoms with E-state index in [0.29, 0.717) is 5.95 Å². The molecular weight excluding hydrogens is 280 g/mol. The van der Waals surface area contributed by atoms with Gasteiger partial charge in [-0.3, -0.25) is 4.68 Å². The van der Waals surface area contributed by atoms with E-state index in [0.717, 1.165) is 11.0 Å². The van der Waals surface area contributed by atoms with Gasteiger partial charge < -0.3 is 5.32 Å². The van der Waals surface area contributed by atoms with Crippen LogP contribution in [-0.2, 0) is 13.6 Å². The highest BCUT2D eigenvalue weighted by atomic mass is 79.9. The third kappa shape index (κ3) is 2.85. The fraction of sp³-hybridized carbons (Fsp3) is 0.333. The highest BCUT2D eigenvalue weighted by Crippen LogP contribution is 2.21. The van der Waals surface area contributed by atoms with Crippen molar-refractivity contribution in [2.45, 2.75) is 20.4 Å². The molecule has 0 radical (unpaired) electrons. The molecule has 5 heteroatoms. The zero-order valence-electron chi connectivity index (χ0n) is 10.2. The van der Waals surface area contributed by atoms with Gasteiger partial charge in [0.15, 0.2) is 0 Å². The SMILES string of the molecule is Cc1cc(Br)cc(C)c1CNc1ncn(C)n1. The number of rotatable bonds is 3. The van der Waals surface area contributed by atoms with E-state index in [1.807, 2.05) is 7.05 Å². The van der Waals surface area contributed by atoms with Crippen molar-refractivity contribution in [1.29, 1.82) is 0 Å². The van der Waals surface area contributed by atoms with Crippen LogP contribution in [0.4, 0.5) is 5.95 Å². The number of nitrogens with zero attached hydrogens (tertiary/aromatic N) is 3. The van der Waals surface area contributed by atoms with Gasteiger partial charge in [0, 0.05) is 18.1 Å². The van der Waals surface area contributed by atoms with Gasteiger partial charge >= 0.3 is 0 Å². The Kier molecular flexibility index (Phi) is 3.47. The van der Waals surface area contributed by atoms with Gasteiger partial charge in [-0.15, -0.1) is 5.10 Å². The highest BCUT2D eigenvalue weighted by Gasteiger charge is 2.05. The Labute approximate surface area is 109 Å². The second-order valence-corrected chi connectivity index (χ2v) is 5.03. The second kappa shape index (κ2) is 4.87. The summed E-state index contributed by atoms with van der Waals surface area (Å²) in [6.45, 7) is 4.97. The van der Waals surface area contributed by atoms with Crippen molar-refractivity contribution >= 4 is 21.9 Å². The third-order valence-corrected chi connectivity index (χ3v) is 3.14. The summed E-state index contributed by atoms with van der Waals surface area (Å²) in [4.78, 5) is 4.14. The van der Waals surface area contributed by atoms with Crippen LogP contribution >= 0.6 is 15.9 Å². The smallest absolute Gasteiger partial charge is 0.242 e. The molecule has 1 N–H and O–H groups in total. The van der Waals surface area contributed by atoms with Gasteiger partial charge in [0.05, 0.1) is 0 Å². The number of aryl methyl sites for hydroxylation is 3. The van der Waals surface area contributed by atoms with Crippen LogP contribution in [0.15, 0.2) is 22.9 Å². The van der Waals surface area contributed by atoms with E-state index in [1.165, 1.54) is 16.7 Å². The van der Waals surface area contributed by atoms with Crippen molar-refractivity contribution in [2.75, 3.05) is 5.32 Å². The summed E-state index contributed by atoms with van der Waals surface area (Å²) in [7, 11) is 1.86. The molecule has 17 heavy (non-hydrogen) atoms. The van der Waals surface area contributed by atoms with Crippen molar-refractivity contribution < 1.29 is 0 Å². The molecule has 0 aliphatic carbocycles. The maximum atomic E-state index is 4.19. The number of hydrogen-bond donors (Lipinski definition) is 1. The summed E-state index contributed by atoms with van der Waals surface area (Å²) in [5.74, 6) is 0.661. The second-order valence-electron chi connectivity index (χ2n) is 4.11. The molecule has 0 saturated carbocycles. The number of hydrogen-bond acceptors (Lipinski definition) is 3. The molecule has 0 aliphatic rings. The molecule has 2 aromatic rings. The first kappa shape index (κ1) is 12.1. The summed E-state index contributed by atoms with van der Waals surface area (Å²) < 4.78 is 2.80. The van der Waals surface area contributed by atoms with Gasteiger partial charge in [0.25, 0.3) is 0 Å². The topological polar surface area (TPSA) is 42.7 Å². The van der Waals surface area contributed by atoms with Crippen LogP contribution in [0, 0.1) is 13.8 Å². The first-order valence-electron chi connectivity index (χ1n) is 5.41. The first-order valence-corrected chi connectivity index (χ1v) is 6.20. The fourth-order valence-corrected chi connectivity index (χ4v) is 2.49.